The summed E-state index contributed by atoms with van der Waals surface area (Å²) in [7, 11) is 0. The van der Waals surface area contributed by atoms with Crippen molar-refractivity contribution in [2.45, 2.75) is 39.2 Å². The van der Waals surface area contributed by atoms with Crippen molar-refractivity contribution < 1.29 is 0 Å². The van der Waals surface area contributed by atoms with E-state index in [0.717, 1.165) is 0 Å². The highest BCUT2D eigenvalue weighted by Gasteiger charge is 2.28. The van der Waals surface area contributed by atoms with Crippen molar-refractivity contribution in [3.05, 3.63) is 58.7 Å². The zero-order chi connectivity index (χ0) is 13.8. The molecule has 2 aromatic rings. The number of hydrogen-bond donors (Lipinski definition) is 1. The van der Waals surface area contributed by atoms with E-state index in [1.54, 1.807) is 0 Å². The third-order valence-corrected chi connectivity index (χ3v) is 4.16. The van der Waals surface area contributed by atoms with Crippen molar-refractivity contribution in [1.82, 2.24) is 0 Å². The first-order valence-electron chi connectivity index (χ1n) is 6.89. The highest BCUT2D eigenvalue weighted by Crippen LogP contribution is 2.45. The van der Waals surface area contributed by atoms with Crippen LogP contribution in [0.2, 0.25) is 0 Å². The lowest BCUT2D eigenvalue weighted by molar-refractivity contribution is 0.589. The first-order valence-corrected chi connectivity index (χ1v) is 6.89. The first kappa shape index (κ1) is 12.4. The van der Waals surface area contributed by atoms with Gasteiger partial charge in [-0.1, -0.05) is 57.2 Å². The van der Waals surface area contributed by atoms with Gasteiger partial charge in [0.1, 0.15) is 0 Å². The van der Waals surface area contributed by atoms with E-state index in [2.05, 4.69) is 64.1 Å². The molecule has 0 amide bonds. The van der Waals surface area contributed by atoms with Gasteiger partial charge in [0, 0.05) is 0 Å². The molecule has 0 heterocycles. The summed E-state index contributed by atoms with van der Waals surface area (Å²) in [4.78, 5) is 0. The van der Waals surface area contributed by atoms with E-state index in [-0.39, 0.29) is 11.5 Å². The summed E-state index contributed by atoms with van der Waals surface area (Å²) >= 11 is 0. The summed E-state index contributed by atoms with van der Waals surface area (Å²) in [6.45, 7) is 8.90. The van der Waals surface area contributed by atoms with Gasteiger partial charge in [0.25, 0.3) is 0 Å². The Balaban J connectivity index is 2.24. The SMILES string of the molecule is Cc1cccc2c1-c1ccc(C(C)(C)C)cc1C2N. The fourth-order valence-corrected chi connectivity index (χ4v) is 3.00. The van der Waals surface area contributed by atoms with E-state index in [0.29, 0.717) is 0 Å². The average Bonchev–Trinajstić information content (AvgIpc) is 2.63. The minimum atomic E-state index is 0.0206. The molecule has 0 radical (unpaired) electrons. The minimum Gasteiger partial charge on any atom is -0.320 e. The van der Waals surface area contributed by atoms with Crippen molar-refractivity contribution >= 4 is 0 Å². The van der Waals surface area contributed by atoms with Crippen LogP contribution < -0.4 is 5.73 Å². The topological polar surface area (TPSA) is 26.0 Å². The van der Waals surface area contributed by atoms with Crippen LogP contribution in [-0.2, 0) is 5.41 Å². The van der Waals surface area contributed by atoms with Crippen LogP contribution in [0.4, 0.5) is 0 Å². The van der Waals surface area contributed by atoms with Gasteiger partial charge in [-0.2, -0.15) is 0 Å². The maximum atomic E-state index is 6.44. The molecule has 2 N–H and O–H groups in total. The van der Waals surface area contributed by atoms with Gasteiger partial charge in [-0.05, 0) is 45.7 Å². The van der Waals surface area contributed by atoms with Gasteiger partial charge < -0.3 is 5.73 Å². The molecular weight excluding hydrogens is 230 g/mol. The highest BCUT2D eigenvalue weighted by atomic mass is 14.7. The molecule has 2 aromatic carbocycles. The quantitative estimate of drug-likeness (QED) is 0.741. The van der Waals surface area contributed by atoms with Gasteiger partial charge in [0.05, 0.1) is 6.04 Å². The minimum absolute atomic E-state index is 0.0206. The molecule has 0 bridgehead atoms. The second kappa shape index (κ2) is 3.94. The molecule has 1 nitrogen and oxygen atoms in total. The molecule has 0 saturated heterocycles. The molecular formula is C18H21N. The van der Waals surface area contributed by atoms with Crippen molar-refractivity contribution in [2.24, 2.45) is 5.73 Å². The molecule has 0 aromatic heterocycles. The van der Waals surface area contributed by atoms with Crippen molar-refractivity contribution in [3.63, 3.8) is 0 Å². The summed E-state index contributed by atoms with van der Waals surface area (Å²) in [6, 6.07) is 13.2. The van der Waals surface area contributed by atoms with Gasteiger partial charge >= 0.3 is 0 Å². The van der Waals surface area contributed by atoms with E-state index in [4.69, 9.17) is 5.73 Å². The lowest BCUT2D eigenvalue weighted by Gasteiger charge is -2.20. The van der Waals surface area contributed by atoms with Crippen molar-refractivity contribution in [3.8, 4) is 11.1 Å². The Morgan fingerprint density at radius 1 is 1.00 bits per heavy atom. The lowest BCUT2D eigenvalue weighted by Crippen LogP contribution is -2.13. The van der Waals surface area contributed by atoms with Crippen LogP contribution in [-0.4, -0.2) is 0 Å². The van der Waals surface area contributed by atoms with E-state index in [9.17, 15) is 0 Å². The van der Waals surface area contributed by atoms with Crippen LogP contribution in [0.5, 0.6) is 0 Å². The van der Waals surface area contributed by atoms with Gasteiger partial charge in [-0.15, -0.1) is 0 Å². The monoisotopic (exact) mass is 251 g/mol. The number of hydrogen-bond acceptors (Lipinski definition) is 1. The van der Waals surface area contributed by atoms with Crippen LogP contribution in [0.25, 0.3) is 11.1 Å². The molecule has 1 atom stereocenters. The van der Waals surface area contributed by atoms with Crippen LogP contribution >= 0.6 is 0 Å². The summed E-state index contributed by atoms with van der Waals surface area (Å²) in [5.74, 6) is 0. The van der Waals surface area contributed by atoms with E-state index in [1.165, 1.54) is 33.4 Å². The molecule has 3 rings (SSSR count). The summed E-state index contributed by atoms with van der Waals surface area (Å²) in [5.41, 5.74) is 14.5. The summed E-state index contributed by atoms with van der Waals surface area (Å²) in [6.07, 6.45) is 0. The lowest BCUT2D eigenvalue weighted by atomic mass is 9.85. The maximum Gasteiger partial charge on any atom is 0.0564 e. The Kier molecular flexibility index (Phi) is 2.58. The molecule has 98 valence electrons. The number of aryl methyl sites for hydroxylation is 1. The largest absolute Gasteiger partial charge is 0.320 e. The number of rotatable bonds is 0. The molecule has 1 aliphatic carbocycles. The standard InChI is InChI=1S/C18H21N/c1-11-6-5-7-14-16(11)13-9-8-12(18(2,3)4)10-15(13)17(14)19/h5-10,17H,19H2,1-4H3. The van der Waals surface area contributed by atoms with Crippen LogP contribution in [0, 0.1) is 6.92 Å². The highest BCUT2D eigenvalue weighted by molar-refractivity contribution is 5.81. The second-order valence-corrected chi connectivity index (χ2v) is 6.57. The predicted octanol–water partition coefficient (Wildman–Crippen LogP) is 4.32. The Morgan fingerprint density at radius 3 is 2.42 bits per heavy atom. The molecule has 1 unspecified atom stereocenters. The van der Waals surface area contributed by atoms with Crippen LogP contribution in [0.1, 0.15) is 49.1 Å². The van der Waals surface area contributed by atoms with Gasteiger partial charge in [0.2, 0.25) is 0 Å². The van der Waals surface area contributed by atoms with Gasteiger partial charge in [0.15, 0.2) is 0 Å². The maximum absolute atomic E-state index is 6.44. The third-order valence-electron chi connectivity index (χ3n) is 4.16. The molecule has 0 saturated carbocycles. The summed E-state index contributed by atoms with van der Waals surface area (Å²) in [5, 5.41) is 0. The Hall–Kier alpha value is -1.60. The fraction of sp³-hybridized carbons (Fsp3) is 0.333. The van der Waals surface area contributed by atoms with Crippen LogP contribution in [0.15, 0.2) is 36.4 Å². The number of benzene rings is 2. The molecule has 19 heavy (non-hydrogen) atoms. The smallest absolute Gasteiger partial charge is 0.0564 e. The van der Waals surface area contributed by atoms with E-state index < -0.39 is 0 Å². The van der Waals surface area contributed by atoms with Gasteiger partial charge in [-0.25, -0.2) is 0 Å². The third kappa shape index (κ3) is 1.81. The Morgan fingerprint density at radius 2 is 1.74 bits per heavy atom. The van der Waals surface area contributed by atoms with E-state index in [1.807, 2.05) is 0 Å². The summed E-state index contributed by atoms with van der Waals surface area (Å²) < 4.78 is 0. The fourth-order valence-electron chi connectivity index (χ4n) is 3.00. The Bertz CT molecular complexity index is 647. The van der Waals surface area contributed by atoms with Gasteiger partial charge in [-0.3, -0.25) is 0 Å². The second-order valence-electron chi connectivity index (χ2n) is 6.57. The molecule has 1 heteroatoms. The zero-order valence-corrected chi connectivity index (χ0v) is 12.1. The molecule has 0 aliphatic heterocycles. The Labute approximate surface area is 115 Å². The molecule has 0 fully saturated rings. The van der Waals surface area contributed by atoms with E-state index >= 15 is 0 Å². The number of fused-ring (bicyclic) bond motifs is 3. The molecule has 0 spiro atoms. The van der Waals surface area contributed by atoms with Crippen molar-refractivity contribution in [1.29, 1.82) is 0 Å². The van der Waals surface area contributed by atoms with Crippen LogP contribution in [0.3, 0.4) is 0 Å². The molecule has 1 aliphatic rings. The average molecular weight is 251 g/mol. The number of nitrogens with two attached hydrogens (primary N) is 1. The predicted molar refractivity (Wildman–Crippen MR) is 81.3 cm³/mol. The van der Waals surface area contributed by atoms with Crippen molar-refractivity contribution in [2.75, 3.05) is 0 Å². The first-order chi connectivity index (χ1) is 8.89. The normalized spacial score (nSPS) is 17.2. The zero-order valence-electron chi connectivity index (χ0n) is 12.1.